The van der Waals surface area contributed by atoms with Crippen molar-refractivity contribution in [2.45, 2.75) is 6.92 Å². The van der Waals surface area contributed by atoms with Crippen LogP contribution in [-0.4, -0.2) is 5.71 Å². The minimum atomic E-state index is -0.673. The number of anilines is 1. The second-order valence-electron chi connectivity index (χ2n) is 4.23. The Bertz CT molecular complexity index is 634. The first kappa shape index (κ1) is 13.9. The molecule has 102 valence electrons. The smallest absolute Gasteiger partial charge is 0.151 e. The van der Waals surface area contributed by atoms with Crippen LogP contribution in [0.2, 0.25) is 0 Å². The van der Waals surface area contributed by atoms with E-state index in [0.717, 1.165) is 11.6 Å². The van der Waals surface area contributed by atoms with E-state index in [9.17, 15) is 8.78 Å². The summed E-state index contributed by atoms with van der Waals surface area (Å²) in [6.45, 7) is 1.79. The van der Waals surface area contributed by atoms with E-state index in [4.69, 9.17) is 0 Å². The predicted molar refractivity (Wildman–Crippen MR) is 78.6 cm³/mol. The molecule has 2 nitrogen and oxygen atoms in total. The lowest BCUT2D eigenvalue weighted by Gasteiger charge is -2.02. The lowest BCUT2D eigenvalue weighted by Crippen LogP contribution is -1.97. The third-order valence-electron chi connectivity index (χ3n) is 2.60. The molecule has 2 rings (SSSR count). The molecule has 0 saturated carbocycles. The monoisotopic (exact) mass is 272 g/mol. The number of nitrogens with one attached hydrogen (secondary N) is 1. The van der Waals surface area contributed by atoms with Crippen LogP contribution >= 0.6 is 0 Å². The normalized spacial score (nSPS) is 11.8. The SMILES string of the molecule is CC(/C=C/c1ccccc1)=N\Nc1ccc(F)cc1F. The molecule has 0 aliphatic carbocycles. The van der Waals surface area contributed by atoms with E-state index in [0.29, 0.717) is 5.71 Å². The first-order valence-electron chi connectivity index (χ1n) is 6.13. The first-order valence-corrected chi connectivity index (χ1v) is 6.13. The number of hydrazone groups is 1. The fourth-order valence-corrected chi connectivity index (χ4v) is 1.55. The van der Waals surface area contributed by atoms with Crippen LogP contribution in [-0.2, 0) is 0 Å². The Balaban J connectivity index is 2.02. The summed E-state index contributed by atoms with van der Waals surface area (Å²) in [6.07, 6.45) is 3.71. The zero-order valence-corrected chi connectivity index (χ0v) is 11.0. The molecule has 2 aromatic rings. The number of nitrogens with zero attached hydrogens (tertiary/aromatic N) is 1. The van der Waals surface area contributed by atoms with Gasteiger partial charge < -0.3 is 0 Å². The molecule has 0 bridgehead atoms. The molecule has 1 N–H and O–H groups in total. The Morgan fingerprint density at radius 1 is 1.10 bits per heavy atom. The van der Waals surface area contributed by atoms with Crippen LogP contribution in [0.15, 0.2) is 59.7 Å². The second-order valence-corrected chi connectivity index (χ2v) is 4.23. The molecule has 0 atom stereocenters. The van der Waals surface area contributed by atoms with Crippen molar-refractivity contribution in [1.29, 1.82) is 0 Å². The Morgan fingerprint density at radius 2 is 1.85 bits per heavy atom. The molecular formula is C16H14F2N2. The summed E-state index contributed by atoms with van der Waals surface area (Å²) in [6, 6.07) is 13.1. The van der Waals surface area contributed by atoms with Gasteiger partial charge in [0, 0.05) is 6.07 Å². The highest BCUT2D eigenvalue weighted by Gasteiger charge is 2.01. The van der Waals surface area contributed by atoms with Gasteiger partial charge in [-0.25, -0.2) is 8.78 Å². The zero-order chi connectivity index (χ0) is 14.4. The number of hydrogen-bond acceptors (Lipinski definition) is 2. The minimum absolute atomic E-state index is 0.138. The average Bonchev–Trinajstić information content (AvgIpc) is 2.45. The highest BCUT2D eigenvalue weighted by Crippen LogP contribution is 2.14. The average molecular weight is 272 g/mol. The lowest BCUT2D eigenvalue weighted by atomic mass is 10.2. The molecule has 0 unspecified atom stereocenters. The van der Waals surface area contributed by atoms with Crippen molar-refractivity contribution in [2.75, 3.05) is 5.43 Å². The van der Waals surface area contributed by atoms with Gasteiger partial charge in [0.1, 0.15) is 5.82 Å². The van der Waals surface area contributed by atoms with Gasteiger partial charge in [-0.1, -0.05) is 36.4 Å². The predicted octanol–water partition coefficient (Wildman–Crippen LogP) is 4.47. The Morgan fingerprint density at radius 3 is 2.55 bits per heavy atom. The summed E-state index contributed by atoms with van der Waals surface area (Å²) in [7, 11) is 0. The molecular weight excluding hydrogens is 258 g/mol. The highest BCUT2D eigenvalue weighted by atomic mass is 19.1. The van der Waals surface area contributed by atoms with Gasteiger partial charge in [0.05, 0.1) is 11.4 Å². The van der Waals surface area contributed by atoms with Gasteiger partial charge in [-0.3, -0.25) is 5.43 Å². The van der Waals surface area contributed by atoms with E-state index >= 15 is 0 Å². The van der Waals surface area contributed by atoms with E-state index in [1.807, 2.05) is 42.5 Å². The maximum absolute atomic E-state index is 13.4. The van der Waals surface area contributed by atoms with Crippen molar-refractivity contribution in [3.05, 3.63) is 71.8 Å². The standard InChI is InChI=1S/C16H14F2N2/c1-12(7-8-13-5-3-2-4-6-13)19-20-16-10-9-14(17)11-15(16)18/h2-11,20H,1H3/b8-7+,19-12+. The van der Waals surface area contributed by atoms with Gasteiger partial charge in [-0.2, -0.15) is 5.10 Å². The van der Waals surface area contributed by atoms with E-state index in [2.05, 4.69) is 10.5 Å². The molecule has 0 aliphatic rings. The number of halogens is 2. The van der Waals surface area contributed by atoms with Crippen LogP contribution in [0.5, 0.6) is 0 Å². The number of benzene rings is 2. The summed E-state index contributed by atoms with van der Waals surface area (Å²) in [5.41, 5.74) is 4.44. The molecule has 0 spiro atoms. The molecule has 0 amide bonds. The minimum Gasteiger partial charge on any atom is -0.275 e. The van der Waals surface area contributed by atoms with E-state index < -0.39 is 11.6 Å². The number of rotatable bonds is 4. The van der Waals surface area contributed by atoms with Crippen molar-refractivity contribution in [1.82, 2.24) is 0 Å². The van der Waals surface area contributed by atoms with Crippen LogP contribution < -0.4 is 5.43 Å². The third kappa shape index (κ3) is 4.02. The fraction of sp³-hybridized carbons (Fsp3) is 0.0625. The first-order chi connectivity index (χ1) is 9.65. The molecule has 0 aromatic heterocycles. The summed E-state index contributed by atoms with van der Waals surface area (Å²) >= 11 is 0. The Kier molecular flexibility index (Phi) is 4.60. The van der Waals surface area contributed by atoms with Crippen molar-refractivity contribution in [2.24, 2.45) is 5.10 Å². The number of hydrogen-bond donors (Lipinski definition) is 1. The van der Waals surface area contributed by atoms with E-state index in [-0.39, 0.29) is 5.69 Å². The van der Waals surface area contributed by atoms with Crippen LogP contribution in [0.3, 0.4) is 0 Å². The van der Waals surface area contributed by atoms with Crippen molar-refractivity contribution in [3.8, 4) is 0 Å². The molecule has 0 saturated heterocycles. The van der Waals surface area contributed by atoms with Crippen LogP contribution in [0, 0.1) is 11.6 Å². The molecule has 4 heteroatoms. The zero-order valence-electron chi connectivity index (χ0n) is 11.0. The van der Waals surface area contributed by atoms with Crippen LogP contribution in [0.4, 0.5) is 14.5 Å². The highest BCUT2D eigenvalue weighted by molar-refractivity contribution is 5.96. The van der Waals surface area contributed by atoms with Gasteiger partial charge >= 0.3 is 0 Å². The molecule has 0 radical (unpaired) electrons. The molecule has 0 aliphatic heterocycles. The third-order valence-corrected chi connectivity index (χ3v) is 2.60. The molecule has 0 heterocycles. The lowest BCUT2D eigenvalue weighted by molar-refractivity contribution is 0.585. The maximum atomic E-state index is 13.4. The van der Waals surface area contributed by atoms with Crippen LogP contribution in [0.1, 0.15) is 12.5 Å². The molecule has 0 fully saturated rings. The van der Waals surface area contributed by atoms with Gasteiger partial charge in [0.15, 0.2) is 5.82 Å². The van der Waals surface area contributed by atoms with Gasteiger partial charge in [-0.05, 0) is 30.7 Å². The van der Waals surface area contributed by atoms with Gasteiger partial charge in [0.25, 0.3) is 0 Å². The molecule has 2 aromatic carbocycles. The van der Waals surface area contributed by atoms with E-state index in [1.54, 1.807) is 6.92 Å². The van der Waals surface area contributed by atoms with Crippen LogP contribution in [0.25, 0.3) is 6.08 Å². The van der Waals surface area contributed by atoms with Crippen molar-refractivity contribution < 1.29 is 8.78 Å². The van der Waals surface area contributed by atoms with Crippen molar-refractivity contribution in [3.63, 3.8) is 0 Å². The largest absolute Gasteiger partial charge is 0.275 e. The second kappa shape index (κ2) is 6.61. The summed E-state index contributed by atoms with van der Waals surface area (Å²) in [5.74, 6) is -1.29. The Hall–Kier alpha value is -2.49. The fourth-order valence-electron chi connectivity index (χ4n) is 1.55. The summed E-state index contributed by atoms with van der Waals surface area (Å²) in [5, 5.41) is 4.02. The van der Waals surface area contributed by atoms with Gasteiger partial charge in [0.2, 0.25) is 0 Å². The topological polar surface area (TPSA) is 24.4 Å². The maximum Gasteiger partial charge on any atom is 0.151 e. The summed E-state index contributed by atoms with van der Waals surface area (Å²) in [4.78, 5) is 0. The van der Waals surface area contributed by atoms with Gasteiger partial charge in [-0.15, -0.1) is 0 Å². The number of allylic oxidation sites excluding steroid dienone is 1. The quantitative estimate of drug-likeness (QED) is 0.644. The van der Waals surface area contributed by atoms with E-state index in [1.165, 1.54) is 12.1 Å². The Labute approximate surface area is 116 Å². The summed E-state index contributed by atoms with van der Waals surface area (Å²) < 4.78 is 26.1. The van der Waals surface area contributed by atoms with Crippen molar-refractivity contribution >= 4 is 17.5 Å². The molecule has 20 heavy (non-hydrogen) atoms.